The van der Waals surface area contributed by atoms with Crippen molar-refractivity contribution >= 4 is 11.9 Å². The molecule has 92 valence electrons. The Balaban J connectivity index is 2.15. The summed E-state index contributed by atoms with van der Waals surface area (Å²) in [6.45, 7) is 0.574. The lowest BCUT2D eigenvalue weighted by Gasteiger charge is -2.04. The first kappa shape index (κ1) is 13.2. The topological polar surface area (TPSA) is 55.4 Å². The van der Waals surface area contributed by atoms with Gasteiger partial charge in [-0.1, -0.05) is 18.2 Å². The Morgan fingerprint density at radius 2 is 1.88 bits per heavy atom. The van der Waals surface area contributed by atoms with E-state index in [0.29, 0.717) is 18.5 Å². The molecular weight excluding hydrogens is 218 g/mol. The van der Waals surface area contributed by atoms with Crippen molar-refractivity contribution in [1.29, 1.82) is 0 Å². The van der Waals surface area contributed by atoms with Gasteiger partial charge in [0.05, 0.1) is 7.11 Å². The van der Waals surface area contributed by atoms with Crippen molar-refractivity contribution in [2.45, 2.75) is 19.3 Å². The van der Waals surface area contributed by atoms with E-state index >= 15 is 0 Å². The number of unbranched alkanes of at least 4 members (excludes halogenated alkanes) is 1. The van der Waals surface area contributed by atoms with Gasteiger partial charge in [-0.3, -0.25) is 9.59 Å². The molecule has 0 unspecified atom stereocenters. The molecular formula is C13H17NO3. The third-order valence-corrected chi connectivity index (χ3v) is 2.36. The Labute approximate surface area is 101 Å². The Morgan fingerprint density at radius 1 is 1.18 bits per heavy atom. The van der Waals surface area contributed by atoms with Crippen LogP contribution in [0.5, 0.6) is 0 Å². The lowest BCUT2D eigenvalue weighted by atomic mass is 10.2. The summed E-state index contributed by atoms with van der Waals surface area (Å²) >= 11 is 0. The second kappa shape index (κ2) is 7.44. The number of hydrogen-bond acceptors (Lipinski definition) is 3. The molecule has 0 bridgehead atoms. The SMILES string of the molecule is COC(=O)CCCCNC(=O)c1ccccc1. The fraction of sp³-hybridized carbons (Fsp3) is 0.385. The van der Waals surface area contributed by atoms with E-state index in [-0.39, 0.29) is 11.9 Å². The maximum atomic E-state index is 11.6. The van der Waals surface area contributed by atoms with E-state index < -0.39 is 0 Å². The van der Waals surface area contributed by atoms with E-state index in [9.17, 15) is 9.59 Å². The van der Waals surface area contributed by atoms with E-state index in [1.807, 2.05) is 18.2 Å². The molecule has 0 aliphatic carbocycles. The molecule has 0 aliphatic heterocycles. The van der Waals surface area contributed by atoms with Gasteiger partial charge >= 0.3 is 5.97 Å². The van der Waals surface area contributed by atoms with Crippen molar-refractivity contribution in [3.8, 4) is 0 Å². The molecule has 0 saturated heterocycles. The van der Waals surface area contributed by atoms with E-state index in [2.05, 4.69) is 10.1 Å². The number of benzene rings is 1. The maximum absolute atomic E-state index is 11.6. The van der Waals surface area contributed by atoms with Gasteiger partial charge in [0.2, 0.25) is 0 Å². The summed E-state index contributed by atoms with van der Waals surface area (Å²) in [5, 5.41) is 2.80. The predicted molar refractivity (Wildman–Crippen MR) is 64.6 cm³/mol. The van der Waals surface area contributed by atoms with Crippen molar-refractivity contribution in [3.05, 3.63) is 35.9 Å². The fourth-order valence-corrected chi connectivity index (χ4v) is 1.39. The van der Waals surface area contributed by atoms with Gasteiger partial charge in [-0.15, -0.1) is 0 Å². The van der Waals surface area contributed by atoms with Crippen LogP contribution in [0.2, 0.25) is 0 Å². The van der Waals surface area contributed by atoms with Crippen LogP contribution in [0.15, 0.2) is 30.3 Å². The summed E-state index contributed by atoms with van der Waals surface area (Å²) in [5.74, 6) is -0.289. The van der Waals surface area contributed by atoms with Crippen LogP contribution in [0, 0.1) is 0 Å². The monoisotopic (exact) mass is 235 g/mol. The number of ether oxygens (including phenoxy) is 1. The van der Waals surface area contributed by atoms with Gasteiger partial charge < -0.3 is 10.1 Å². The number of carbonyl (C=O) groups excluding carboxylic acids is 2. The predicted octanol–water partition coefficient (Wildman–Crippen LogP) is 1.76. The number of hydrogen-bond donors (Lipinski definition) is 1. The second-order valence-corrected chi connectivity index (χ2v) is 3.66. The molecule has 0 aliphatic rings. The van der Waals surface area contributed by atoms with Gasteiger partial charge in [-0.2, -0.15) is 0 Å². The van der Waals surface area contributed by atoms with Crippen LogP contribution < -0.4 is 5.32 Å². The lowest BCUT2D eigenvalue weighted by molar-refractivity contribution is -0.140. The zero-order valence-corrected chi connectivity index (χ0v) is 9.94. The first-order valence-electron chi connectivity index (χ1n) is 5.64. The Kier molecular flexibility index (Phi) is 5.79. The van der Waals surface area contributed by atoms with E-state index in [4.69, 9.17) is 0 Å². The molecule has 0 fully saturated rings. The summed E-state index contributed by atoms with van der Waals surface area (Å²) in [4.78, 5) is 22.4. The standard InChI is InChI=1S/C13H17NO3/c1-17-12(15)9-5-6-10-14-13(16)11-7-3-2-4-8-11/h2-4,7-8H,5-6,9-10H2,1H3,(H,14,16). The van der Waals surface area contributed by atoms with Crippen LogP contribution in [0.3, 0.4) is 0 Å². The highest BCUT2D eigenvalue weighted by Crippen LogP contribution is 1.99. The van der Waals surface area contributed by atoms with Crippen LogP contribution in [-0.4, -0.2) is 25.5 Å². The molecule has 4 nitrogen and oxygen atoms in total. The molecule has 1 rings (SSSR count). The number of methoxy groups -OCH3 is 1. The highest BCUT2D eigenvalue weighted by atomic mass is 16.5. The molecule has 0 heterocycles. The molecule has 0 spiro atoms. The van der Waals surface area contributed by atoms with E-state index in [0.717, 1.165) is 12.8 Å². The average Bonchev–Trinajstić information content (AvgIpc) is 2.38. The Hall–Kier alpha value is -1.84. The minimum Gasteiger partial charge on any atom is -0.469 e. The first-order chi connectivity index (χ1) is 8.24. The molecule has 0 atom stereocenters. The average molecular weight is 235 g/mol. The zero-order chi connectivity index (χ0) is 12.5. The maximum Gasteiger partial charge on any atom is 0.305 e. The summed E-state index contributed by atoms with van der Waals surface area (Å²) in [5.41, 5.74) is 0.653. The minimum absolute atomic E-state index is 0.0799. The molecule has 1 aromatic rings. The van der Waals surface area contributed by atoms with Crippen LogP contribution >= 0.6 is 0 Å². The Morgan fingerprint density at radius 3 is 2.53 bits per heavy atom. The third-order valence-electron chi connectivity index (χ3n) is 2.36. The van der Waals surface area contributed by atoms with Gasteiger partial charge in [0.15, 0.2) is 0 Å². The van der Waals surface area contributed by atoms with Crippen molar-refractivity contribution < 1.29 is 14.3 Å². The zero-order valence-electron chi connectivity index (χ0n) is 9.94. The summed E-state index contributed by atoms with van der Waals surface area (Å²) in [6.07, 6.45) is 1.90. The van der Waals surface area contributed by atoms with Crippen LogP contribution in [0.4, 0.5) is 0 Å². The third kappa shape index (κ3) is 5.15. The molecule has 1 amide bonds. The van der Waals surface area contributed by atoms with Crippen molar-refractivity contribution in [3.63, 3.8) is 0 Å². The van der Waals surface area contributed by atoms with E-state index in [1.54, 1.807) is 12.1 Å². The molecule has 17 heavy (non-hydrogen) atoms. The molecule has 1 N–H and O–H groups in total. The van der Waals surface area contributed by atoms with Crippen LogP contribution in [0.1, 0.15) is 29.6 Å². The summed E-state index contributed by atoms with van der Waals surface area (Å²) in [7, 11) is 1.37. The molecule has 4 heteroatoms. The minimum atomic E-state index is -0.209. The molecule has 0 radical (unpaired) electrons. The van der Waals surface area contributed by atoms with Gasteiger partial charge in [0.25, 0.3) is 5.91 Å². The fourth-order valence-electron chi connectivity index (χ4n) is 1.39. The Bertz CT molecular complexity index is 362. The first-order valence-corrected chi connectivity index (χ1v) is 5.64. The number of carbonyl (C=O) groups is 2. The number of nitrogens with one attached hydrogen (secondary N) is 1. The number of esters is 1. The van der Waals surface area contributed by atoms with Gasteiger partial charge in [0, 0.05) is 18.5 Å². The number of rotatable bonds is 6. The van der Waals surface area contributed by atoms with E-state index in [1.165, 1.54) is 7.11 Å². The molecule has 0 saturated carbocycles. The highest BCUT2D eigenvalue weighted by Gasteiger charge is 2.03. The molecule has 0 aromatic heterocycles. The van der Waals surface area contributed by atoms with Gasteiger partial charge in [-0.05, 0) is 25.0 Å². The summed E-state index contributed by atoms with van der Waals surface area (Å²) < 4.78 is 4.52. The van der Waals surface area contributed by atoms with Crippen molar-refractivity contribution in [2.75, 3.05) is 13.7 Å². The van der Waals surface area contributed by atoms with Crippen molar-refractivity contribution in [1.82, 2.24) is 5.32 Å². The second-order valence-electron chi connectivity index (χ2n) is 3.66. The smallest absolute Gasteiger partial charge is 0.305 e. The van der Waals surface area contributed by atoms with Crippen LogP contribution in [-0.2, 0) is 9.53 Å². The number of amides is 1. The molecule has 1 aromatic carbocycles. The van der Waals surface area contributed by atoms with Gasteiger partial charge in [0.1, 0.15) is 0 Å². The quantitative estimate of drug-likeness (QED) is 0.603. The highest BCUT2D eigenvalue weighted by molar-refractivity contribution is 5.94. The normalized spacial score (nSPS) is 9.71. The lowest BCUT2D eigenvalue weighted by Crippen LogP contribution is -2.24. The largest absolute Gasteiger partial charge is 0.469 e. The van der Waals surface area contributed by atoms with Crippen LogP contribution in [0.25, 0.3) is 0 Å². The van der Waals surface area contributed by atoms with Gasteiger partial charge in [-0.25, -0.2) is 0 Å². The van der Waals surface area contributed by atoms with Crippen molar-refractivity contribution in [2.24, 2.45) is 0 Å². The summed E-state index contributed by atoms with van der Waals surface area (Å²) in [6, 6.07) is 9.05.